The maximum absolute atomic E-state index is 11.2. The highest BCUT2D eigenvalue weighted by Crippen LogP contribution is 2.26. The molecule has 0 amide bonds. The van der Waals surface area contributed by atoms with Gasteiger partial charge in [-0.25, -0.2) is 4.79 Å². The van der Waals surface area contributed by atoms with Crippen molar-refractivity contribution in [3.8, 4) is 5.75 Å². The second-order valence-electron chi connectivity index (χ2n) is 4.15. The Kier molecular flexibility index (Phi) is 4.02. The van der Waals surface area contributed by atoms with Crippen LogP contribution in [0.4, 0.5) is 0 Å². The van der Waals surface area contributed by atoms with E-state index >= 15 is 0 Å². The van der Waals surface area contributed by atoms with Crippen LogP contribution in [0.15, 0.2) is 36.4 Å². The van der Waals surface area contributed by atoms with E-state index < -0.39 is 12.1 Å². The summed E-state index contributed by atoms with van der Waals surface area (Å²) in [4.78, 5) is 11.2. The minimum Gasteiger partial charge on any atom is -0.497 e. The first-order chi connectivity index (χ1) is 9.15. The van der Waals surface area contributed by atoms with Gasteiger partial charge in [-0.3, -0.25) is 0 Å². The van der Waals surface area contributed by atoms with Gasteiger partial charge in [-0.1, -0.05) is 18.2 Å². The van der Waals surface area contributed by atoms with Gasteiger partial charge in [0.25, 0.3) is 0 Å². The Morgan fingerprint density at radius 3 is 2.53 bits per heavy atom. The highest BCUT2D eigenvalue weighted by molar-refractivity contribution is 5.86. The maximum Gasteiger partial charge on any atom is 0.337 e. The second kappa shape index (κ2) is 5.71. The molecule has 1 unspecified atom stereocenters. The van der Waals surface area contributed by atoms with Gasteiger partial charge in [-0.2, -0.15) is 0 Å². The molecule has 0 fully saturated rings. The highest BCUT2D eigenvalue weighted by atomic mass is 16.5. The molecular weight excluding hydrogens is 244 g/mol. The maximum atomic E-state index is 11.2. The van der Waals surface area contributed by atoms with Crippen LogP contribution in [-0.2, 0) is 9.53 Å². The van der Waals surface area contributed by atoms with Crippen LogP contribution in [0.2, 0.25) is 0 Å². The number of benzene rings is 2. The Morgan fingerprint density at radius 2 is 1.89 bits per heavy atom. The molecule has 19 heavy (non-hydrogen) atoms. The standard InChI is InChI=1S/C15H16O4/c1-3-19-14(15(16)17)12-5-4-11-9-13(18-2)7-6-10(11)8-12/h4-9,14H,3H2,1-2H3,(H,16,17). The molecule has 0 saturated carbocycles. The van der Waals surface area contributed by atoms with E-state index in [9.17, 15) is 4.79 Å². The van der Waals surface area contributed by atoms with Crippen molar-refractivity contribution < 1.29 is 19.4 Å². The number of rotatable bonds is 5. The first-order valence-electron chi connectivity index (χ1n) is 6.08. The minimum absolute atomic E-state index is 0.359. The van der Waals surface area contributed by atoms with E-state index in [2.05, 4.69) is 0 Å². The predicted octanol–water partition coefficient (Wildman–Crippen LogP) is 3.01. The van der Waals surface area contributed by atoms with Crippen molar-refractivity contribution in [3.05, 3.63) is 42.0 Å². The Morgan fingerprint density at radius 1 is 1.21 bits per heavy atom. The van der Waals surface area contributed by atoms with Gasteiger partial charge in [0.2, 0.25) is 0 Å². The zero-order valence-electron chi connectivity index (χ0n) is 10.9. The van der Waals surface area contributed by atoms with Crippen LogP contribution in [-0.4, -0.2) is 24.8 Å². The summed E-state index contributed by atoms with van der Waals surface area (Å²) in [6.45, 7) is 2.14. The number of ether oxygens (including phenoxy) is 2. The number of carboxylic acids is 1. The molecule has 0 aromatic heterocycles. The Bertz CT molecular complexity index is 592. The van der Waals surface area contributed by atoms with Crippen LogP contribution >= 0.6 is 0 Å². The van der Waals surface area contributed by atoms with Crippen LogP contribution in [0, 0.1) is 0 Å². The third-order valence-electron chi connectivity index (χ3n) is 2.93. The Balaban J connectivity index is 2.43. The average molecular weight is 260 g/mol. The molecule has 2 aromatic carbocycles. The minimum atomic E-state index is -0.977. The summed E-state index contributed by atoms with van der Waals surface area (Å²) in [6, 6.07) is 11.2. The van der Waals surface area contributed by atoms with Crippen LogP contribution < -0.4 is 4.74 Å². The molecule has 4 heteroatoms. The first kappa shape index (κ1) is 13.4. The summed E-state index contributed by atoms with van der Waals surface area (Å²) >= 11 is 0. The summed E-state index contributed by atoms with van der Waals surface area (Å²) in [6.07, 6.45) is -0.920. The van der Waals surface area contributed by atoms with Gasteiger partial charge >= 0.3 is 5.97 Å². The fraction of sp³-hybridized carbons (Fsp3) is 0.267. The van der Waals surface area contributed by atoms with Crippen molar-refractivity contribution >= 4 is 16.7 Å². The third-order valence-corrected chi connectivity index (χ3v) is 2.93. The zero-order valence-corrected chi connectivity index (χ0v) is 10.9. The predicted molar refractivity (Wildman–Crippen MR) is 72.5 cm³/mol. The lowest BCUT2D eigenvalue weighted by molar-refractivity contribution is -0.150. The number of aliphatic carboxylic acids is 1. The summed E-state index contributed by atoms with van der Waals surface area (Å²) < 4.78 is 10.4. The lowest BCUT2D eigenvalue weighted by atomic mass is 10.0. The quantitative estimate of drug-likeness (QED) is 0.897. The van der Waals surface area contributed by atoms with Crippen LogP contribution in [0.25, 0.3) is 10.8 Å². The van der Waals surface area contributed by atoms with E-state index in [-0.39, 0.29) is 0 Å². The van der Waals surface area contributed by atoms with Crippen LogP contribution in [0.3, 0.4) is 0 Å². The first-order valence-corrected chi connectivity index (χ1v) is 6.08. The average Bonchev–Trinajstić information content (AvgIpc) is 2.43. The van der Waals surface area contributed by atoms with Gasteiger partial charge in [0.05, 0.1) is 7.11 Å². The normalized spacial score (nSPS) is 12.3. The lowest BCUT2D eigenvalue weighted by Gasteiger charge is -2.13. The van der Waals surface area contributed by atoms with Crippen molar-refractivity contribution in [1.29, 1.82) is 0 Å². The van der Waals surface area contributed by atoms with Gasteiger partial charge in [0.1, 0.15) is 5.75 Å². The molecule has 1 N–H and O–H groups in total. The molecule has 0 radical (unpaired) electrons. The number of carboxylic acid groups (broad SMARTS) is 1. The molecule has 2 rings (SSSR count). The highest BCUT2D eigenvalue weighted by Gasteiger charge is 2.19. The Labute approximate surface area is 111 Å². The molecule has 0 aliphatic rings. The van der Waals surface area contributed by atoms with Crippen LogP contribution in [0.5, 0.6) is 5.75 Å². The smallest absolute Gasteiger partial charge is 0.337 e. The lowest BCUT2D eigenvalue weighted by Crippen LogP contribution is -2.15. The number of hydrogen-bond acceptors (Lipinski definition) is 3. The van der Waals surface area contributed by atoms with E-state index in [1.165, 1.54) is 0 Å². The number of methoxy groups -OCH3 is 1. The second-order valence-corrected chi connectivity index (χ2v) is 4.15. The van der Waals surface area contributed by atoms with Crippen molar-refractivity contribution in [2.45, 2.75) is 13.0 Å². The van der Waals surface area contributed by atoms with Crippen molar-refractivity contribution in [2.24, 2.45) is 0 Å². The molecule has 4 nitrogen and oxygen atoms in total. The van der Waals surface area contributed by atoms with Crippen molar-refractivity contribution in [3.63, 3.8) is 0 Å². The summed E-state index contributed by atoms with van der Waals surface area (Å²) in [5, 5.41) is 11.1. The molecule has 100 valence electrons. The largest absolute Gasteiger partial charge is 0.497 e. The fourth-order valence-corrected chi connectivity index (χ4v) is 2.01. The van der Waals surface area contributed by atoms with Gasteiger partial charge in [-0.15, -0.1) is 0 Å². The molecule has 0 spiro atoms. The monoisotopic (exact) mass is 260 g/mol. The van der Waals surface area contributed by atoms with E-state index in [4.69, 9.17) is 14.6 Å². The molecule has 2 aromatic rings. The van der Waals surface area contributed by atoms with E-state index in [1.807, 2.05) is 30.3 Å². The zero-order chi connectivity index (χ0) is 13.8. The number of fused-ring (bicyclic) bond motifs is 1. The SMILES string of the molecule is CCOC(C(=O)O)c1ccc2cc(OC)ccc2c1. The molecular formula is C15H16O4. The third kappa shape index (κ3) is 2.85. The summed E-state index contributed by atoms with van der Waals surface area (Å²) in [7, 11) is 1.62. The number of carbonyl (C=O) groups is 1. The molecule has 0 heterocycles. The molecule has 0 bridgehead atoms. The van der Waals surface area contributed by atoms with E-state index in [1.54, 1.807) is 20.1 Å². The fourth-order valence-electron chi connectivity index (χ4n) is 2.01. The van der Waals surface area contributed by atoms with Crippen LogP contribution in [0.1, 0.15) is 18.6 Å². The summed E-state index contributed by atoms with van der Waals surface area (Å²) in [5.41, 5.74) is 0.645. The summed E-state index contributed by atoms with van der Waals surface area (Å²) in [5.74, 6) is -0.199. The molecule has 0 saturated heterocycles. The topological polar surface area (TPSA) is 55.8 Å². The molecule has 0 aliphatic heterocycles. The van der Waals surface area contributed by atoms with Gasteiger partial charge in [-0.05, 0) is 41.5 Å². The van der Waals surface area contributed by atoms with Crippen molar-refractivity contribution in [2.75, 3.05) is 13.7 Å². The van der Waals surface area contributed by atoms with Gasteiger partial charge in [0, 0.05) is 6.61 Å². The number of hydrogen-bond donors (Lipinski definition) is 1. The van der Waals surface area contributed by atoms with Crippen molar-refractivity contribution in [1.82, 2.24) is 0 Å². The van der Waals surface area contributed by atoms with Gasteiger partial charge in [0.15, 0.2) is 6.10 Å². The van der Waals surface area contributed by atoms with Gasteiger partial charge < -0.3 is 14.6 Å². The Hall–Kier alpha value is -2.07. The van der Waals surface area contributed by atoms with E-state index in [0.29, 0.717) is 12.2 Å². The molecule has 1 atom stereocenters. The van der Waals surface area contributed by atoms with E-state index in [0.717, 1.165) is 16.5 Å². The molecule has 0 aliphatic carbocycles.